The fourth-order valence-corrected chi connectivity index (χ4v) is 3.03. The molecule has 0 bridgehead atoms. The lowest BCUT2D eigenvalue weighted by molar-refractivity contribution is -0.143. The van der Waals surface area contributed by atoms with Crippen LogP contribution in [0.3, 0.4) is 0 Å². The van der Waals surface area contributed by atoms with Crippen LogP contribution in [0, 0.1) is 0 Å². The number of nitrogens with one attached hydrogen (secondary N) is 1. The molecule has 2 rings (SSSR count). The number of aromatic nitrogens is 3. The van der Waals surface area contributed by atoms with E-state index in [9.17, 15) is 19.2 Å². The highest BCUT2D eigenvalue weighted by Crippen LogP contribution is 2.23. The SMILES string of the molecule is CCOC(=O)CNC(=O)CSc1ccnc2c1c(=O)n(C)c(=O)n2C. The van der Waals surface area contributed by atoms with Gasteiger partial charge in [0.25, 0.3) is 5.56 Å². The Balaban J connectivity index is 2.20. The highest BCUT2D eigenvalue weighted by atomic mass is 32.2. The molecule has 0 aliphatic rings. The third-order valence-electron chi connectivity index (χ3n) is 3.40. The summed E-state index contributed by atoms with van der Waals surface area (Å²) < 4.78 is 7.00. The number of ether oxygens (including phenoxy) is 1. The Morgan fingerprint density at radius 2 is 2.00 bits per heavy atom. The molecule has 9 nitrogen and oxygen atoms in total. The van der Waals surface area contributed by atoms with E-state index in [2.05, 4.69) is 10.3 Å². The predicted molar refractivity (Wildman–Crippen MR) is 92.6 cm³/mol. The maximum absolute atomic E-state index is 12.4. The monoisotopic (exact) mass is 366 g/mol. The topological polar surface area (TPSA) is 112 Å². The van der Waals surface area contributed by atoms with Crippen molar-refractivity contribution in [2.24, 2.45) is 14.1 Å². The summed E-state index contributed by atoms with van der Waals surface area (Å²) in [6, 6.07) is 1.61. The van der Waals surface area contributed by atoms with Crippen molar-refractivity contribution in [3.63, 3.8) is 0 Å². The Labute approximate surface area is 147 Å². The summed E-state index contributed by atoms with van der Waals surface area (Å²) in [7, 11) is 2.91. The zero-order valence-corrected chi connectivity index (χ0v) is 14.9. The van der Waals surface area contributed by atoms with Crippen LogP contribution in [0.25, 0.3) is 11.0 Å². The van der Waals surface area contributed by atoms with Crippen molar-refractivity contribution in [3.8, 4) is 0 Å². The fourth-order valence-electron chi connectivity index (χ4n) is 2.16. The molecule has 134 valence electrons. The molecule has 0 aliphatic carbocycles. The van der Waals surface area contributed by atoms with E-state index in [4.69, 9.17) is 4.74 Å². The third-order valence-corrected chi connectivity index (χ3v) is 4.45. The summed E-state index contributed by atoms with van der Waals surface area (Å²) in [6.07, 6.45) is 1.47. The van der Waals surface area contributed by atoms with Crippen LogP contribution in [0.2, 0.25) is 0 Å². The molecular formula is C15H18N4O5S. The number of hydrogen-bond donors (Lipinski definition) is 1. The molecular weight excluding hydrogens is 348 g/mol. The Morgan fingerprint density at radius 1 is 1.28 bits per heavy atom. The second kappa shape index (κ2) is 7.97. The molecule has 25 heavy (non-hydrogen) atoms. The Bertz CT molecular complexity index is 934. The lowest BCUT2D eigenvalue weighted by atomic mass is 10.3. The van der Waals surface area contributed by atoms with Crippen LogP contribution in [0.15, 0.2) is 26.7 Å². The number of nitrogens with zero attached hydrogens (tertiary/aromatic N) is 3. The quantitative estimate of drug-likeness (QED) is 0.537. The molecule has 2 heterocycles. The van der Waals surface area contributed by atoms with Crippen LogP contribution in [0.4, 0.5) is 0 Å². The molecule has 0 atom stereocenters. The lowest BCUT2D eigenvalue weighted by Crippen LogP contribution is -2.37. The number of fused-ring (bicyclic) bond motifs is 1. The average Bonchev–Trinajstić information content (AvgIpc) is 2.61. The summed E-state index contributed by atoms with van der Waals surface area (Å²) in [6.45, 7) is 1.72. The maximum atomic E-state index is 12.4. The number of carbonyl (C=O) groups excluding carboxylic acids is 2. The van der Waals surface area contributed by atoms with Gasteiger partial charge in [0, 0.05) is 25.2 Å². The highest BCUT2D eigenvalue weighted by Gasteiger charge is 2.15. The number of hydrogen-bond acceptors (Lipinski definition) is 7. The van der Waals surface area contributed by atoms with Crippen molar-refractivity contribution in [2.75, 3.05) is 18.9 Å². The van der Waals surface area contributed by atoms with E-state index in [0.29, 0.717) is 4.90 Å². The minimum absolute atomic E-state index is 0.00448. The fraction of sp³-hybridized carbons (Fsp3) is 0.400. The Hall–Kier alpha value is -2.62. The van der Waals surface area contributed by atoms with Gasteiger partial charge in [-0.15, -0.1) is 11.8 Å². The minimum atomic E-state index is -0.515. The van der Waals surface area contributed by atoms with E-state index in [1.54, 1.807) is 13.0 Å². The van der Waals surface area contributed by atoms with Crippen LogP contribution in [0.1, 0.15) is 6.92 Å². The predicted octanol–water partition coefficient (Wildman–Crippen LogP) is -0.596. The van der Waals surface area contributed by atoms with Gasteiger partial charge in [-0.1, -0.05) is 0 Å². The highest BCUT2D eigenvalue weighted by molar-refractivity contribution is 8.00. The third kappa shape index (κ3) is 4.08. The van der Waals surface area contributed by atoms with Crippen LogP contribution < -0.4 is 16.6 Å². The molecule has 0 saturated heterocycles. The number of rotatable bonds is 6. The first-order valence-electron chi connectivity index (χ1n) is 7.46. The van der Waals surface area contributed by atoms with Gasteiger partial charge < -0.3 is 10.1 Å². The smallest absolute Gasteiger partial charge is 0.332 e. The van der Waals surface area contributed by atoms with Gasteiger partial charge in [-0.2, -0.15) is 0 Å². The number of pyridine rings is 1. The van der Waals surface area contributed by atoms with Gasteiger partial charge in [-0.05, 0) is 13.0 Å². The largest absolute Gasteiger partial charge is 0.465 e. The Kier molecular flexibility index (Phi) is 5.97. The molecule has 0 saturated carbocycles. The second-order valence-corrected chi connectivity index (χ2v) is 6.10. The van der Waals surface area contributed by atoms with E-state index in [0.717, 1.165) is 16.3 Å². The van der Waals surface area contributed by atoms with Crippen LogP contribution in [0.5, 0.6) is 0 Å². The minimum Gasteiger partial charge on any atom is -0.465 e. The summed E-state index contributed by atoms with van der Waals surface area (Å²) in [5, 5.41) is 2.72. The summed E-state index contributed by atoms with van der Waals surface area (Å²) in [5.74, 6) is -0.881. The molecule has 0 spiro atoms. The number of esters is 1. The zero-order valence-electron chi connectivity index (χ0n) is 14.1. The van der Waals surface area contributed by atoms with E-state index >= 15 is 0 Å². The van der Waals surface area contributed by atoms with E-state index in [-0.39, 0.29) is 35.8 Å². The molecule has 0 fully saturated rings. The number of amides is 1. The van der Waals surface area contributed by atoms with Crippen molar-refractivity contribution < 1.29 is 14.3 Å². The van der Waals surface area contributed by atoms with Crippen molar-refractivity contribution in [1.29, 1.82) is 0 Å². The first-order chi connectivity index (χ1) is 11.9. The summed E-state index contributed by atoms with van der Waals surface area (Å²) in [5.41, 5.74) is -0.690. The van der Waals surface area contributed by atoms with Crippen LogP contribution in [-0.4, -0.2) is 44.9 Å². The van der Waals surface area contributed by atoms with Gasteiger partial charge in [0.2, 0.25) is 5.91 Å². The van der Waals surface area contributed by atoms with Gasteiger partial charge in [0.05, 0.1) is 17.7 Å². The molecule has 2 aromatic rings. The number of aryl methyl sites for hydroxylation is 1. The van der Waals surface area contributed by atoms with Gasteiger partial charge in [-0.3, -0.25) is 23.5 Å². The van der Waals surface area contributed by atoms with Crippen molar-refractivity contribution in [1.82, 2.24) is 19.4 Å². The normalized spacial score (nSPS) is 10.7. The van der Waals surface area contributed by atoms with Gasteiger partial charge >= 0.3 is 11.7 Å². The molecule has 0 aromatic carbocycles. The van der Waals surface area contributed by atoms with Crippen LogP contribution >= 0.6 is 11.8 Å². The molecule has 2 aromatic heterocycles. The number of thioether (sulfide) groups is 1. The molecule has 1 N–H and O–H groups in total. The van der Waals surface area contributed by atoms with Gasteiger partial charge in [-0.25, -0.2) is 9.78 Å². The van der Waals surface area contributed by atoms with Crippen LogP contribution in [-0.2, 0) is 28.4 Å². The first-order valence-corrected chi connectivity index (χ1v) is 8.45. The van der Waals surface area contributed by atoms with E-state index in [1.165, 1.54) is 24.9 Å². The van der Waals surface area contributed by atoms with E-state index in [1.807, 2.05) is 0 Å². The Morgan fingerprint density at radius 3 is 2.68 bits per heavy atom. The zero-order chi connectivity index (χ0) is 18.6. The van der Waals surface area contributed by atoms with Crippen molar-refractivity contribution in [2.45, 2.75) is 11.8 Å². The standard InChI is InChI=1S/C15H18N4O5S/c1-4-24-11(21)7-17-10(20)8-25-9-5-6-16-13-12(9)14(22)19(3)15(23)18(13)2/h5-6H,4,7-8H2,1-3H3,(H,17,20). The summed E-state index contributed by atoms with van der Waals surface area (Å²) in [4.78, 5) is 52.0. The molecule has 10 heteroatoms. The first kappa shape index (κ1) is 18.7. The second-order valence-electron chi connectivity index (χ2n) is 5.08. The molecule has 1 amide bonds. The van der Waals surface area contributed by atoms with E-state index < -0.39 is 17.2 Å². The van der Waals surface area contributed by atoms with Gasteiger partial charge in [0.1, 0.15) is 12.2 Å². The number of carbonyl (C=O) groups is 2. The van der Waals surface area contributed by atoms with Gasteiger partial charge in [0.15, 0.2) is 0 Å². The molecule has 0 aliphatic heterocycles. The maximum Gasteiger partial charge on any atom is 0.332 e. The average molecular weight is 366 g/mol. The molecule has 0 radical (unpaired) electrons. The molecule has 0 unspecified atom stereocenters. The summed E-state index contributed by atoms with van der Waals surface area (Å²) >= 11 is 1.13. The van der Waals surface area contributed by atoms with Crippen molar-refractivity contribution in [3.05, 3.63) is 33.1 Å². The van der Waals surface area contributed by atoms with Crippen molar-refractivity contribution >= 4 is 34.7 Å². The lowest BCUT2D eigenvalue weighted by Gasteiger charge is -2.10.